The van der Waals surface area contributed by atoms with Crippen molar-refractivity contribution in [3.63, 3.8) is 0 Å². The van der Waals surface area contributed by atoms with Crippen molar-refractivity contribution in [1.29, 1.82) is 0 Å². The zero-order valence-electron chi connectivity index (χ0n) is 17.5. The molecule has 2 N–H and O–H groups in total. The molecule has 1 saturated heterocycles. The van der Waals surface area contributed by atoms with E-state index < -0.39 is 12.1 Å². The number of methoxy groups -OCH3 is 1. The molecule has 0 spiro atoms. The Morgan fingerprint density at radius 2 is 2.23 bits per heavy atom. The van der Waals surface area contributed by atoms with E-state index in [-0.39, 0.29) is 11.6 Å². The fourth-order valence-electron chi connectivity index (χ4n) is 4.27. The minimum Gasteiger partial charge on any atom is -0.465 e. The van der Waals surface area contributed by atoms with Gasteiger partial charge < -0.3 is 14.8 Å². The highest BCUT2D eigenvalue weighted by Gasteiger charge is 2.25. The van der Waals surface area contributed by atoms with E-state index in [0.717, 1.165) is 37.1 Å². The quantitative estimate of drug-likeness (QED) is 0.567. The molecular formula is C23H27N3O4S. The summed E-state index contributed by atoms with van der Waals surface area (Å²) in [7, 11) is 1.33. The average molecular weight is 442 g/mol. The first-order chi connectivity index (χ1) is 15.0. The Morgan fingerprint density at radius 1 is 1.35 bits per heavy atom. The lowest BCUT2D eigenvalue weighted by Crippen LogP contribution is -2.36. The molecule has 0 unspecified atom stereocenters. The first-order valence-corrected chi connectivity index (χ1v) is 11.5. The number of carbonyl (C=O) groups is 1. The van der Waals surface area contributed by atoms with E-state index >= 15 is 0 Å². The number of ether oxygens (including phenoxy) is 1. The van der Waals surface area contributed by atoms with Gasteiger partial charge >= 0.3 is 5.97 Å². The van der Waals surface area contributed by atoms with Crippen LogP contribution in [0.15, 0.2) is 40.5 Å². The molecule has 0 amide bonds. The molecule has 1 aliphatic heterocycles. The summed E-state index contributed by atoms with van der Waals surface area (Å²) in [6.45, 7) is 1.39. The van der Waals surface area contributed by atoms with Gasteiger partial charge in [-0.15, -0.1) is 11.3 Å². The third-order valence-corrected chi connectivity index (χ3v) is 6.87. The van der Waals surface area contributed by atoms with Crippen LogP contribution in [-0.4, -0.2) is 45.6 Å². The normalized spacial score (nSPS) is 18.6. The summed E-state index contributed by atoms with van der Waals surface area (Å²) >= 11 is 1.57. The highest BCUT2D eigenvalue weighted by Crippen LogP contribution is 2.29. The number of likely N-dealkylation sites (tertiary alicyclic amines) is 1. The van der Waals surface area contributed by atoms with Gasteiger partial charge in [0.25, 0.3) is 5.56 Å². The maximum atomic E-state index is 12.6. The number of carbonyl (C=O) groups excluding carboxylic acids is 1. The molecule has 2 atom stereocenters. The predicted molar refractivity (Wildman–Crippen MR) is 120 cm³/mol. The van der Waals surface area contributed by atoms with Crippen molar-refractivity contribution >= 4 is 28.2 Å². The molecule has 1 fully saturated rings. The van der Waals surface area contributed by atoms with Crippen LogP contribution in [0.3, 0.4) is 0 Å². The van der Waals surface area contributed by atoms with Crippen LogP contribution in [0.1, 0.15) is 59.3 Å². The number of rotatable bonds is 6. The van der Waals surface area contributed by atoms with Gasteiger partial charge in [-0.1, -0.05) is 18.9 Å². The summed E-state index contributed by atoms with van der Waals surface area (Å²) in [6.07, 6.45) is 4.54. The first-order valence-electron chi connectivity index (χ1n) is 10.6. The van der Waals surface area contributed by atoms with E-state index in [1.54, 1.807) is 29.5 Å². The lowest BCUT2D eigenvalue weighted by atomic mass is 10.0. The number of aliphatic hydroxyl groups is 1. The summed E-state index contributed by atoms with van der Waals surface area (Å²) in [4.78, 5) is 35.3. The van der Waals surface area contributed by atoms with Crippen LogP contribution < -0.4 is 5.56 Å². The van der Waals surface area contributed by atoms with Gasteiger partial charge in [-0.25, -0.2) is 9.78 Å². The van der Waals surface area contributed by atoms with Crippen LogP contribution in [0.2, 0.25) is 0 Å². The van der Waals surface area contributed by atoms with Crippen molar-refractivity contribution in [2.45, 2.75) is 50.8 Å². The van der Waals surface area contributed by atoms with E-state index in [1.165, 1.54) is 7.11 Å². The summed E-state index contributed by atoms with van der Waals surface area (Å²) in [5, 5.41) is 13.1. The first kappa shape index (κ1) is 21.7. The fraction of sp³-hybridized carbons (Fsp3) is 0.435. The van der Waals surface area contributed by atoms with E-state index in [1.807, 2.05) is 17.5 Å². The zero-order chi connectivity index (χ0) is 21.8. The summed E-state index contributed by atoms with van der Waals surface area (Å²) in [5.74, 6) is 0.109. The molecular weight excluding hydrogens is 414 g/mol. The van der Waals surface area contributed by atoms with Crippen LogP contribution >= 0.6 is 11.3 Å². The molecule has 3 aromatic rings. The molecule has 0 saturated carbocycles. The number of H-pyrrole nitrogens is 1. The number of nitrogens with zero attached hydrogens (tertiary/aromatic N) is 2. The van der Waals surface area contributed by atoms with Gasteiger partial charge in [0.1, 0.15) is 5.82 Å². The number of aliphatic hydroxyl groups excluding tert-OH is 1. The van der Waals surface area contributed by atoms with Gasteiger partial charge in [-0.05, 0) is 55.5 Å². The van der Waals surface area contributed by atoms with Gasteiger partial charge in [0.15, 0.2) is 0 Å². The molecule has 8 heteroatoms. The predicted octanol–water partition coefficient (Wildman–Crippen LogP) is 3.64. The topological polar surface area (TPSA) is 95.5 Å². The molecule has 7 nitrogen and oxygen atoms in total. The number of thiophene rings is 1. The van der Waals surface area contributed by atoms with Crippen molar-refractivity contribution in [3.05, 3.63) is 62.3 Å². The Hall–Kier alpha value is -2.55. The van der Waals surface area contributed by atoms with Crippen molar-refractivity contribution in [1.82, 2.24) is 14.9 Å². The van der Waals surface area contributed by atoms with E-state index in [4.69, 9.17) is 4.74 Å². The number of esters is 1. The SMILES string of the molecule is COC(=O)c1ccc2c(=O)[nH]c(CN3CCCCC[C@@H]3C[C@H](O)c3cccs3)nc2c1. The van der Waals surface area contributed by atoms with Crippen molar-refractivity contribution < 1.29 is 14.6 Å². The summed E-state index contributed by atoms with van der Waals surface area (Å²) < 4.78 is 4.78. The van der Waals surface area contributed by atoms with Crippen molar-refractivity contribution in [2.75, 3.05) is 13.7 Å². The van der Waals surface area contributed by atoms with Crippen LogP contribution in [0.4, 0.5) is 0 Å². The molecule has 2 aromatic heterocycles. The minimum atomic E-state index is -0.489. The Bertz CT molecular complexity index is 1100. The summed E-state index contributed by atoms with van der Waals surface area (Å²) in [6, 6.07) is 8.91. The van der Waals surface area contributed by atoms with Crippen LogP contribution in [0.5, 0.6) is 0 Å². The van der Waals surface area contributed by atoms with Gasteiger partial charge in [-0.2, -0.15) is 0 Å². The lowest BCUT2D eigenvalue weighted by molar-refractivity contribution is 0.0601. The Balaban J connectivity index is 1.58. The second-order valence-electron chi connectivity index (χ2n) is 7.98. The second-order valence-corrected chi connectivity index (χ2v) is 8.96. The molecule has 1 aliphatic rings. The molecule has 31 heavy (non-hydrogen) atoms. The number of hydrogen-bond acceptors (Lipinski definition) is 7. The molecule has 4 rings (SSSR count). The highest BCUT2D eigenvalue weighted by atomic mass is 32.1. The lowest BCUT2D eigenvalue weighted by Gasteiger charge is -2.31. The molecule has 164 valence electrons. The Morgan fingerprint density at radius 3 is 3.00 bits per heavy atom. The van der Waals surface area contributed by atoms with E-state index in [0.29, 0.717) is 35.3 Å². The van der Waals surface area contributed by atoms with Gasteiger partial charge in [0, 0.05) is 10.9 Å². The smallest absolute Gasteiger partial charge is 0.337 e. The number of hydrogen-bond donors (Lipinski definition) is 2. The van der Waals surface area contributed by atoms with Crippen LogP contribution in [0.25, 0.3) is 10.9 Å². The monoisotopic (exact) mass is 441 g/mol. The maximum absolute atomic E-state index is 12.6. The van der Waals surface area contributed by atoms with Gasteiger partial charge in [-0.3, -0.25) is 9.69 Å². The number of aromatic amines is 1. The molecule has 0 radical (unpaired) electrons. The fourth-order valence-corrected chi connectivity index (χ4v) is 4.99. The highest BCUT2D eigenvalue weighted by molar-refractivity contribution is 7.10. The number of aromatic nitrogens is 2. The molecule has 0 bridgehead atoms. The summed E-state index contributed by atoms with van der Waals surface area (Å²) in [5.41, 5.74) is 0.624. The minimum absolute atomic E-state index is 0.210. The Kier molecular flexibility index (Phi) is 6.80. The number of fused-ring (bicyclic) bond motifs is 1. The number of benzene rings is 1. The average Bonchev–Trinajstić information content (AvgIpc) is 3.23. The molecule has 0 aliphatic carbocycles. The second kappa shape index (κ2) is 9.72. The van der Waals surface area contributed by atoms with E-state index in [9.17, 15) is 14.7 Å². The third kappa shape index (κ3) is 5.03. The number of nitrogens with one attached hydrogen (secondary N) is 1. The molecule has 1 aromatic carbocycles. The molecule has 3 heterocycles. The third-order valence-electron chi connectivity index (χ3n) is 5.90. The van der Waals surface area contributed by atoms with E-state index in [2.05, 4.69) is 14.9 Å². The largest absolute Gasteiger partial charge is 0.465 e. The zero-order valence-corrected chi connectivity index (χ0v) is 18.4. The standard InChI is InChI=1S/C23H27N3O4S/c1-30-23(29)15-8-9-17-18(12-15)24-21(25-22(17)28)14-26-10-4-2-3-6-16(26)13-19(27)20-7-5-11-31-20/h5,7-9,11-12,16,19,27H,2-4,6,10,13-14H2,1H3,(H,24,25,28)/t16-,19+/m1/s1. The van der Waals surface area contributed by atoms with Crippen molar-refractivity contribution in [2.24, 2.45) is 0 Å². The van der Waals surface area contributed by atoms with Crippen LogP contribution in [0, 0.1) is 0 Å². The van der Waals surface area contributed by atoms with Crippen molar-refractivity contribution in [3.8, 4) is 0 Å². The Labute approximate surface area is 184 Å². The van der Waals surface area contributed by atoms with Gasteiger partial charge in [0.05, 0.1) is 36.2 Å². The van der Waals surface area contributed by atoms with Gasteiger partial charge in [0.2, 0.25) is 0 Å². The van der Waals surface area contributed by atoms with Crippen LogP contribution in [-0.2, 0) is 11.3 Å². The maximum Gasteiger partial charge on any atom is 0.337 e.